The molecule has 3 aliphatic heterocycles. The smallest absolute Gasteiger partial charge is 0.310 e. The lowest BCUT2D eigenvalue weighted by molar-refractivity contribution is -0.142. The molecule has 10 heteroatoms. The molecule has 1 aromatic heterocycles. The highest BCUT2D eigenvalue weighted by Gasteiger charge is 2.92. The van der Waals surface area contributed by atoms with E-state index in [0.717, 1.165) is 58.5 Å². The number of carbonyl (C=O) groups is 1. The van der Waals surface area contributed by atoms with Crippen LogP contribution in [-0.2, 0) is 27.8 Å². The van der Waals surface area contributed by atoms with Crippen molar-refractivity contribution in [2.24, 2.45) is 23.2 Å². The van der Waals surface area contributed by atoms with Crippen molar-refractivity contribution in [1.82, 2.24) is 9.88 Å². The van der Waals surface area contributed by atoms with E-state index in [1.165, 1.54) is 5.56 Å². The molecule has 2 unspecified atom stereocenters. The van der Waals surface area contributed by atoms with E-state index in [-0.39, 0.29) is 23.3 Å². The Morgan fingerprint density at radius 1 is 1.12 bits per heavy atom. The van der Waals surface area contributed by atoms with Gasteiger partial charge in [0.05, 0.1) is 22.6 Å². The third-order valence-electron chi connectivity index (χ3n) is 9.44. The van der Waals surface area contributed by atoms with Crippen molar-refractivity contribution in [3.63, 3.8) is 0 Å². The average Bonchev–Trinajstić information content (AvgIpc) is 3.74. The van der Waals surface area contributed by atoms with Gasteiger partial charge in [-0.15, -0.1) is 11.3 Å². The number of rotatable bonds is 8. The maximum absolute atomic E-state index is 11.7. The molecule has 8 rings (SSSR count). The summed E-state index contributed by atoms with van der Waals surface area (Å²) >= 11 is 1.61. The van der Waals surface area contributed by atoms with E-state index in [0.29, 0.717) is 25.6 Å². The van der Waals surface area contributed by atoms with E-state index in [1.807, 2.05) is 12.1 Å². The Kier molecular flexibility index (Phi) is 6.03. The Bertz CT molecular complexity index is 1590. The topological polar surface area (TPSA) is 100 Å². The van der Waals surface area contributed by atoms with Crippen LogP contribution in [0.1, 0.15) is 22.3 Å². The normalized spacial score (nSPS) is 28.1. The summed E-state index contributed by atoms with van der Waals surface area (Å²) < 4.78 is 29.8. The first-order valence-corrected chi connectivity index (χ1v) is 16.5. The third-order valence-corrected chi connectivity index (χ3v) is 11.9. The van der Waals surface area contributed by atoms with Gasteiger partial charge in [-0.3, -0.25) is 9.69 Å². The molecule has 3 aromatic rings. The van der Waals surface area contributed by atoms with Gasteiger partial charge >= 0.3 is 5.97 Å². The Labute approximate surface area is 238 Å². The van der Waals surface area contributed by atoms with Crippen LogP contribution in [0, 0.1) is 37.0 Å². The van der Waals surface area contributed by atoms with Crippen molar-refractivity contribution in [2.75, 3.05) is 42.6 Å². The SMILES string of the molecule is Cc1ccc(OCc2ccc(CN3CCS(=O)(=O)CC3)cc2C)c(-c2csc(N3C[C@@H]4C5[C@H](C3)C54C(=O)O)n2)c1. The summed E-state index contributed by atoms with van der Waals surface area (Å²) in [5.41, 5.74) is 6.00. The summed E-state index contributed by atoms with van der Waals surface area (Å²) in [7, 11) is -2.88. The fraction of sp³-hybridized carbons (Fsp3) is 0.467. The van der Waals surface area contributed by atoms with Crippen molar-refractivity contribution in [3.05, 3.63) is 64.0 Å². The van der Waals surface area contributed by atoms with Crippen molar-refractivity contribution in [3.8, 4) is 17.0 Å². The number of aryl methyl sites for hydroxylation is 2. The first-order chi connectivity index (χ1) is 19.2. The maximum atomic E-state index is 11.7. The Morgan fingerprint density at radius 2 is 1.88 bits per heavy atom. The number of hydrogen-bond donors (Lipinski definition) is 1. The number of sulfone groups is 1. The van der Waals surface area contributed by atoms with Crippen LogP contribution >= 0.6 is 11.3 Å². The number of carboxylic acid groups (broad SMARTS) is 1. The minimum Gasteiger partial charge on any atom is -0.488 e. The lowest BCUT2D eigenvalue weighted by Gasteiger charge is -2.34. The van der Waals surface area contributed by atoms with E-state index in [4.69, 9.17) is 9.72 Å². The summed E-state index contributed by atoms with van der Waals surface area (Å²) in [4.78, 5) is 21.1. The molecule has 2 bridgehead atoms. The molecule has 1 N–H and O–H groups in total. The average molecular weight is 580 g/mol. The van der Waals surface area contributed by atoms with Gasteiger partial charge in [0.25, 0.3) is 0 Å². The highest BCUT2D eigenvalue weighted by atomic mass is 32.2. The number of aromatic nitrogens is 1. The molecule has 4 atom stereocenters. The van der Waals surface area contributed by atoms with Gasteiger partial charge in [-0.25, -0.2) is 13.4 Å². The lowest BCUT2D eigenvalue weighted by atomic mass is 9.91. The highest BCUT2D eigenvalue weighted by molar-refractivity contribution is 7.91. The monoisotopic (exact) mass is 579 g/mol. The molecule has 4 heterocycles. The number of benzene rings is 2. The van der Waals surface area contributed by atoms with Gasteiger partial charge < -0.3 is 14.7 Å². The van der Waals surface area contributed by atoms with Crippen LogP contribution in [0.2, 0.25) is 0 Å². The van der Waals surface area contributed by atoms with Crippen molar-refractivity contribution >= 4 is 32.3 Å². The summed E-state index contributed by atoms with van der Waals surface area (Å²) in [5.74, 6) is 1.59. The number of anilines is 1. The number of ether oxygens (including phenoxy) is 1. The fourth-order valence-corrected chi connectivity index (χ4v) is 9.12. The second-order valence-electron chi connectivity index (χ2n) is 11.9. The number of carboxylic acids is 1. The molecular weight excluding hydrogens is 546 g/mol. The van der Waals surface area contributed by atoms with Gasteiger partial charge in [-0.2, -0.15) is 0 Å². The zero-order valence-electron chi connectivity index (χ0n) is 22.7. The number of hydrogen-bond acceptors (Lipinski definition) is 8. The first-order valence-electron chi connectivity index (χ1n) is 13.8. The van der Waals surface area contributed by atoms with Gasteiger partial charge in [-0.05, 0) is 60.4 Å². The van der Waals surface area contributed by atoms with Crippen LogP contribution in [0.25, 0.3) is 11.3 Å². The fourth-order valence-electron chi connectivity index (χ4n) is 7.00. The van der Waals surface area contributed by atoms with Gasteiger partial charge in [-0.1, -0.05) is 29.8 Å². The molecule has 0 amide bonds. The largest absolute Gasteiger partial charge is 0.488 e. The molecule has 5 fully saturated rings. The predicted octanol–water partition coefficient (Wildman–Crippen LogP) is 4.00. The van der Waals surface area contributed by atoms with Gasteiger partial charge in [0.15, 0.2) is 15.0 Å². The van der Waals surface area contributed by atoms with Crippen LogP contribution in [-0.4, -0.2) is 67.1 Å². The van der Waals surface area contributed by atoms with E-state index in [9.17, 15) is 18.3 Å². The number of thiazole rings is 1. The molecule has 2 saturated carbocycles. The van der Waals surface area contributed by atoms with E-state index < -0.39 is 21.2 Å². The summed E-state index contributed by atoms with van der Waals surface area (Å²) in [6.45, 7) is 8.08. The van der Waals surface area contributed by atoms with Crippen molar-refractivity contribution in [1.29, 1.82) is 0 Å². The van der Waals surface area contributed by atoms with E-state index in [1.54, 1.807) is 11.3 Å². The molecule has 210 valence electrons. The summed E-state index contributed by atoms with van der Waals surface area (Å²) in [6, 6.07) is 12.6. The third kappa shape index (κ3) is 4.31. The molecule has 8 nitrogen and oxygen atoms in total. The molecule has 0 radical (unpaired) electrons. The Balaban J connectivity index is 1.02. The van der Waals surface area contributed by atoms with Crippen LogP contribution in [0.3, 0.4) is 0 Å². The predicted molar refractivity (Wildman–Crippen MR) is 154 cm³/mol. The van der Waals surface area contributed by atoms with Gasteiger partial charge in [0.2, 0.25) is 0 Å². The summed E-state index contributed by atoms with van der Waals surface area (Å²) in [5, 5.41) is 12.6. The lowest BCUT2D eigenvalue weighted by Crippen LogP contribution is -2.42. The van der Waals surface area contributed by atoms with Gasteiger partial charge in [0, 0.05) is 43.7 Å². The molecule has 2 aliphatic carbocycles. The molecule has 0 spiro atoms. The van der Waals surface area contributed by atoms with Crippen LogP contribution in [0.15, 0.2) is 41.8 Å². The van der Waals surface area contributed by atoms with E-state index >= 15 is 0 Å². The van der Waals surface area contributed by atoms with Crippen LogP contribution in [0.4, 0.5) is 5.13 Å². The van der Waals surface area contributed by atoms with Gasteiger partial charge in [0.1, 0.15) is 12.4 Å². The minimum absolute atomic E-state index is 0.238. The molecule has 3 saturated heterocycles. The van der Waals surface area contributed by atoms with Crippen LogP contribution < -0.4 is 9.64 Å². The molecule has 2 aromatic carbocycles. The van der Waals surface area contributed by atoms with E-state index in [2.05, 4.69) is 53.3 Å². The molecule has 40 heavy (non-hydrogen) atoms. The molecule has 5 aliphatic rings. The number of nitrogens with zero attached hydrogens (tertiary/aromatic N) is 3. The number of aliphatic carboxylic acids is 1. The molecular formula is C30H33N3O5S2. The second-order valence-corrected chi connectivity index (χ2v) is 15.0. The standard InChI is InChI=1S/C30H33N3O5S2/c1-18-3-6-26(38-16-21-5-4-20(12-19(21)2)13-32-7-9-40(36,37)10-8-32)22(11-18)25-17-39-29(31-25)33-14-23-27-24(15-33)30(23,27)28(34)35/h3-6,11-12,17,23-24,27H,7-10,13-16H2,1-2H3,(H,34,35)/t23-,24+,27?,30?. The first kappa shape index (κ1) is 26.0. The second kappa shape index (κ2) is 9.29. The highest BCUT2D eigenvalue weighted by Crippen LogP contribution is 2.86. The Hall–Kier alpha value is -2.95. The van der Waals surface area contributed by atoms with Crippen LogP contribution in [0.5, 0.6) is 5.75 Å². The minimum atomic E-state index is -2.88. The maximum Gasteiger partial charge on any atom is 0.310 e. The number of fused-ring (bicyclic) bond motifs is 2. The summed E-state index contributed by atoms with van der Waals surface area (Å²) in [6.07, 6.45) is 0. The zero-order valence-corrected chi connectivity index (χ0v) is 24.3. The Morgan fingerprint density at radius 3 is 2.55 bits per heavy atom. The zero-order chi connectivity index (χ0) is 27.8. The quantitative estimate of drug-likeness (QED) is 0.428. The van der Waals surface area contributed by atoms with Crippen molar-refractivity contribution < 1.29 is 23.1 Å². The van der Waals surface area contributed by atoms with Crippen molar-refractivity contribution in [2.45, 2.75) is 27.0 Å². The number of piperidine rings is 2.